The average Bonchev–Trinajstić information content (AvgIpc) is 3.30. The maximum atomic E-state index is 13.5. The fourth-order valence-electron chi connectivity index (χ4n) is 3.65. The van der Waals surface area contributed by atoms with Gasteiger partial charge in [-0.05, 0) is 50.6 Å². The summed E-state index contributed by atoms with van der Waals surface area (Å²) in [6.07, 6.45) is 1.67. The Morgan fingerprint density at radius 1 is 1.18 bits per heavy atom. The zero-order valence-electron chi connectivity index (χ0n) is 18.6. The number of aromatic nitrogens is 1. The van der Waals surface area contributed by atoms with Gasteiger partial charge in [0, 0.05) is 13.0 Å². The van der Waals surface area contributed by atoms with E-state index < -0.39 is 18.0 Å². The summed E-state index contributed by atoms with van der Waals surface area (Å²) in [6, 6.07) is 9.54. The molecule has 0 N–H and O–H groups in total. The lowest BCUT2D eigenvalue weighted by Gasteiger charge is -2.24. The summed E-state index contributed by atoms with van der Waals surface area (Å²) >= 11 is 1.22. The monoisotopic (exact) mass is 466 g/mol. The van der Waals surface area contributed by atoms with E-state index in [2.05, 4.69) is 4.99 Å². The predicted octanol–water partition coefficient (Wildman–Crippen LogP) is 2.63. The van der Waals surface area contributed by atoms with Gasteiger partial charge in [-0.3, -0.25) is 14.2 Å². The van der Waals surface area contributed by atoms with Crippen molar-refractivity contribution in [3.63, 3.8) is 0 Å². The number of benzene rings is 1. The summed E-state index contributed by atoms with van der Waals surface area (Å²) in [5.74, 6) is 0.683. The van der Waals surface area contributed by atoms with E-state index in [1.165, 1.54) is 22.8 Å². The second-order valence-corrected chi connectivity index (χ2v) is 8.42. The third-order valence-electron chi connectivity index (χ3n) is 5.01. The van der Waals surface area contributed by atoms with Gasteiger partial charge in [-0.15, -0.1) is 0 Å². The highest BCUT2D eigenvalue weighted by Crippen LogP contribution is 2.31. The van der Waals surface area contributed by atoms with Crippen molar-refractivity contribution in [2.45, 2.75) is 33.7 Å². The van der Waals surface area contributed by atoms with Crippen LogP contribution in [0, 0.1) is 6.92 Å². The molecule has 1 atom stereocenters. The molecule has 9 heteroatoms. The number of thiazole rings is 1. The van der Waals surface area contributed by atoms with E-state index in [-0.39, 0.29) is 17.7 Å². The lowest BCUT2D eigenvalue weighted by atomic mass is 9.96. The first-order valence-corrected chi connectivity index (χ1v) is 11.1. The quantitative estimate of drug-likeness (QED) is 0.423. The van der Waals surface area contributed by atoms with Gasteiger partial charge in [0.25, 0.3) is 5.56 Å². The summed E-state index contributed by atoms with van der Waals surface area (Å²) in [7, 11) is 0. The van der Waals surface area contributed by atoms with Crippen molar-refractivity contribution in [1.29, 1.82) is 0 Å². The van der Waals surface area contributed by atoms with Crippen LogP contribution < -0.4 is 19.6 Å². The number of esters is 2. The lowest BCUT2D eigenvalue weighted by molar-refractivity contribution is -0.139. The molecule has 0 fully saturated rings. The maximum absolute atomic E-state index is 13.5. The molecule has 0 saturated carbocycles. The van der Waals surface area contributed by atoms with Gasteiger partial charge < -0.3 is 13.9 Å². The first-order valence-electron chi connectivity index (χ1n) is 10.3. The van der Waals surface area contributed by atoms with Crippen LogP contribution in [0.5, 0.6) is 5.75 Å². The fourth-order valence-corrected chi connectivity index (χ4v) is 4.68. The molecule has 1 aromatic carbocycles. The second-order valence-electron chi connectivity index (χ2n) is 7.41. The third-order valence-corrected chi connectivity index (χ3v) is 5.99. The largest absolute Gasteiger partial charge is 0.463 e. The van der Waals surface area contributed by atoms with Crippen LogP contribution in [0.15, 0.2) is 61.9 Å². The van der Waals surface area contributed by atoms with Crippen LogP contribution in [0.3, 0.4) is 0 Å². The van der Waals surface area contributed by atoms with Crippen LogP contribution in [-0.2, 0) is 14.3 Å². The van der Waals surface area contributed by atoms with Crippen LogP contribution in [0.25, 0.3) is 6.08 Å². The standard InChI is InChI=1S/C24H22N2O6S/c1-5-30-23(29)20-14(3)25-24-26(21(20)16-7-10-17(11-8-16)32-15(4)27)22(28)19(33-24)12-18-9-6-13(2)31-18/h6-12,21H,5H2,1-4H3/b19-12-/t21-/m1/s1. The number of allylic oxidation sites excluding steroid dienone is 1. The number of hydrogen-bond donors (Lipinski definition) is 0. The van der Waals surface area contributed by atoms with Crippen molar-refractivity contribution < 1.29 is 23.5 Å². The number of furan rings is 1. The third kappa shape index (κ3) is 4.45. The van der Waals surface area contributed by atoms with Crippen molar-refractivity contribution >= 4 is 29.4 Å². The Morgan fingerprint density at radius 3 is 2.52 bits per heavy atom. The number of ether oxygens (including phenoxy) is 2. The minimum atomic E-state index is -0.743. The van der Waals surface area contributed by atoms with Gasteiger partial charge in [-0.25, -0.2) is 9.79 Å². The first kappa shape index (κ1) is 22.5. The number of rotatable bonds is 5. The molecule has 0 aliphatic carbocycles. The molecule has 3 heterocycles. The van der Waals surface area contributed by atoms with Gasteiger partial charge in [0.2, 0.25) is 0 Å². The summed E-state index contributed by atoms with van der Waals surface area (Å²) in [4.78, 5) is 42.6. The summed E-state index contributed by atoms with van der Waals surface area (Å²) in [6.45, 7) is 6.78. The molecule has 33 heavy (non-hydrogen) atoms. The Balaban J connectivity index is 1.90. The summed E-state index contributed by atoms with van der Waals surface area (Å²) in [5, 5.41) is 0. The molecule has 1 aliphatic rings. The van der Waals surface area contributed by atoms with Gasteiger partial charge in [-0.2, -0.15) is 0 Å². The Labute approximate surface area is 193 Å². The van der Waals surface area contributed by atoms with Crippen molar-refractivity contribution in [1.82, 2.24) is 4.57 Å². The predicted molar refractivity (Wildman–Crippen MR) is 122 cm³/mol. The topological polar surface area (TPSA) is 100 Å². The van der Waals surface area contributed by atoms with Crippen LogP contribution in [0.1, 0.15) is 43.9 Å². The molecule has 0 spiro atoms. The zero-order valence-corrected chi connectivity index (χ0v) is 19.4. The molecule has 2 aromatic heterocycles. The molecule has 0 saturated heterocycles. The minimum Gasteiger partial charge on any atom is -0.463 e. The Morgan fingerprint density at radius 2 is 1.91 bits per heavy atom. The van der Waals surface area contributed by atoms with Gasteiger partial charge in [0.05, 0.1) is 28.5 Å². The van der Waals surface area contributed by atoms with E-state index in [0.29, 0.717) is 32.1 Å². The van der Waals surface area contributed by atoms with Crippen LogP contribution >= 0.6 is 11.3 Å². The number of carbonyl (C=O) groups is 2. The molecule has 3 aromatic rings. The smallest absolute Gasteiger partial charge is 0.338 e. The fraction of sp³-hybridized carbons (Fsp3) is 0.250. The zero-order chi connectivity index (χ0) is 23.7. The van der Waals surface area contributed by atoms with Gasteiger partial charge in [0.1, 0.15) is 17.3 Å². The van der Waals surface area contributed by atoms with E-state index in [1.54, 1.807) is 50.3 Å². The molecule has 8 nitrogen and oxygen atoms in total. The van der Waals surface area contributed by atoms with Gasteiger partial charge in [0.15, 0.2) is 4.80 Å². The molecular weight excluding hydrogens is 444 g/mol. The maximum Gasteiger partial charge on any atom is 0.338 e. The van der Waals surface area contributed by atoms with Crippen molar-refractivity contribution in [3.05, 3.63) is 84.4 Å². The summed E-state index contributed by atoms with van der Waals surface area (Å²) in [5.41, 5.74) is 1.12. The SMILES string of the molecule is CCOC(=O)C1=C(C)N=c2s/c(=C\c3ccc(C)o3)c(=O)n2[C@@H]1c1ccc(OC(C)=O)cc1. The Hall–Kier alpha value is -3.72. The Bertz CT molecular complexity index is 1440. The van der Waals surface area contributed by atoms with Crippen LogP contribution in [0.4, 0.5) is 0 Å². The molecule has 0 radical (unpaired) electrons. The number of hydrogen-bond acceptors (Lipinski definition) is 8. The molecule has 0 unspecified atom stereocenters. The molecular formula is C24H22N2O6S. The van der Waals surface area contributed by atoms with Crippen LogP contribution in [-0.4, -0.2) is 23.1 Å². The average molecular weight is 467 g/mol. The highest BCUT2D eigenvalue weighted by atomic mass is 32.1. The highest BCUT2D eigenvalue weighted by molar-refractivity contribution is 7.07. The van der Waals surface area contributed by atoms with E-state index in [1.807, 2.05) is 13.0 Å². The number of aryl methyl sites for hydroxylation is 1. The van der Waals surface area contributed by atoms with Gasteiger partial charge in [-0.1, -0.05) is 23.5 Å². The minimum absolute atomic E-state index is 0.190. The molecule has 0 amide bonds. The van der Waals surface area contributed by atoms with E-state index >= 15 is 0 Å². The van der Waals surface area contributed by atoms with Gasteiger partial charge >= 0.3 is 11.9 Å². The first-order chi connectivity index (χ1) is 15.8. The molecule has 4 rings (SSSR count). The second kappa shape index (κ2) is 9.03. The summed E-state index contributed by atoms with van der Waals surface area (Å²) < 4.78 is 17.9. The number of carbonyl (C=O) groups excluding carboxylic acids is 2. The van der Waals surface area contributed by atoms with Crippen molar-refractivity contribution in [2.24, 2.45) is 4.99 Å². The molecule has 0 bridgehead atoms. The number of nitrogens with zero attached hydrogens (tertiary/aromatic N) is 2. The highest BCUT2D eigenvalue weighted by Gasteiger charge is 2.33. The lowest BCUT2D eigenvalue weighted by Crippen LogP contribution is -2.39. The Kier molecular flexibility index (Phi) is 6.15. The molecule has 170 valence electrons. The van der Waals surface area contributed by atoms with Crippen molar-refractivity contribution in [2.75, 3.05) is 6.61 Å². The normalized spacial score (nSPS) is 15.8. The number of fused-ring (bicyclic) bond motifs is 1. The molecule has 1 aliphatic heterocycles. The van der Waals surface area contributed by atoms with Crippen molar-refractivity contribution in [3.8, 4) is 5.75 Å². The van der Waals surface area contributed by atoms with E-state index in [9.17, 15) is 14.4 Å². The van der Waals surface area contributed by atoms with E-state index in [0.717, 1.165) is 5.76 Å². The van der Waals surface area contributed by atoms with Crippen LogP contribution in [0.2, 0.25) is 0 Å². The van der Waals surface area contributed by atoms with E-state index in [4.69, 9.17) is 13.9 Å².